The van der Waals surface area contributed by atoms with Crippen molar-refractivity contribution in [1.82, 2.24) is 44.6 Å². The fourth-order valence-electron chi connectivity index (χ4n) is 13.4. The van der Waals surface area contributed by atoms with Crippen LogP contribution in [0.25, 0.3) is 11.1 Å². The van der Waals surface area contributed by atoms with Gasteiger partial charge >= 0.3 is 0 Å². The molecule has 2 amide bonds. The molecule has 5 aromatic rings. The van der Waals surface area contributed by atoms with Crippen molar-refractivity contribution >= 4 is 29.3 Å². The predicted molar refractivity (Wildman–Crippen MR) is 276 cm³/mol. The number of alkyl halides is 2. The molecule has 3 atom stereocenters. The minimum atomic E-state index is -2.66. The number of nitrogens with one attached hydrogen (secondary N) is 1. The van der Waals surface area contributed by atoms with Crippen LogP contribution in [0.15, 0.2) is 55.1 Å². The number of carbonyl (C=O) groups excluding carboxylic acids is 2. The number of nitrogens with zero attached hydrogens (tertiary/aromatic N) is 11. The van der Waals surface area contributed by atoms with Gasteiger partial charge in [0.1, 0.15) is 11.9 Å². The van der Waals surface area contributed by atoms with E-state index in [9.17, 15) is 23.6 Å². The molecule has 0 bridgehead atoms. The number of aryl methyl sites for hydroxylation is 3. The van der Waals surface area contributed by atoms with Crippen molar-refractivity contribution in [2.75, 3.05) is 55.6 Å². The summed E-state index contributed by atoms with van der Waals surface area (Å²) in [6.07, 6.45) is 8.12. The Kier molecular flexibility index (Phi) is 13.4. The van der Waals surface area contributed by atoms with Gasteiger partial charge in [0.05, 0.1) is 36.0 Å². The molecule has 1 aliphatic carbocycles. The number of ether oxygens (including phenoxy) is 1. The fraction of sp³-hybridized carbons (Fsp3) is 0.554. The second-order valence-corrected chi connectivity index (χ2v) is 22.9. The van der Waals surface area contributed by atoms with Crippen LogP contribution in [0.4, 0.5) is 26.2 Å². The molecule has 1 unspecified atom stereocenters. The number of nitriles is 1. The summed E-state index contributed by atoms with van der Waals surface area (Å²) in [5.74, 6) is 3.21. The zero-order chi connectivity index (χ0) is 51.7. The van der Waals surface area contributed by atoms with Crippen LogP contribution in [0, 0.1) is 46.8 Å². The van der Waals surface area contributed by atoms with E-state index in [4.69, 9.17) is 19.8 Å². The maximum Gasteiger partial charge on any atom is 0.264 e. The first-order valence-electron chi connectivity index (χ1n) is 26.2. The van der Waals surface area contributed by atoms with Gasteiger partial charge in [-0.05, 0) is 97.4 Å². The summed E-state index contributed by atoms with van der Waals surface area (Å²) < 4.78 is 40.0. The Morgan fingerprint density at radius 1 is 0.959 bits per heavy atom. The van der Waals surface area contributed by atoms with Crippen LogP contribution < -0.4 is 19.9 Å². The number of anilines is 3. The van der Waals surface area contributed by atoms with Crippen LogP contribution in [0.3, 0.4) is 0 Å². The molecular formula is C56H70F2N12O3. The quantitative estimate of drug-likeness (QED) is 0.135. The molecule has 10 rings (SSSR count). The van der Waals surface area contributed by atoms with Crippen LogP contribution in [-0.4, -0.2) is 109 Å². The second kappa shape index (κ2) is 19.5. The molecule has 5 aliphatic rings. The number of benzene rings is 2. The van der Waals surface area contributed by atoms with E-state index in [2.05, 4.69) is 77.4 Å². The van der Waals surface area contributed by atoms with E-state index in [-0.39, 0.29) is 46.4 Å². The van der Waals surface area contributed by atoms with Gasteiger partial charge in [-0.3, -0.25) is 19.0 Å². The molecule has 2 aromatic carbocycles. The third-order valence-electron chi connectivity index (χ3n) is 17.1. The largest absolute Gasteiger partial charge is 0.489 e. The van der Waals surface area contributed by atoms with Crippen LogP contribution in [-0.2, 0) is 31.2 Å². The van der Waals surface area contributed by atoms with E-state index in [1.165, 1.54) is 0 Å². The first-order chi connectivity index (χ1) is 34.8. The molecule has 17 heteroatoms. The van der Waals surface area contributed by atoms with Gasteiger partial charge in [-0.25, -0.2) is 18.7 Å². The standard InChI is InChI=1S/C56H70F2N12O3/c1-33-21-42(13-12-38(33)24-59)73-53-55(5,6)52(56(53,7)8)63-51(72)39-25-60-54(61-26-39)68-28-34(2)45(35(3)29-68)31-66-18-14-41(15-19-66)70-47-16-20-67(36(4)71)32-46(47)50(64-70)69-17-10-11-37-22-43(40-27-62-65(9)30-40)44(49(57)58)23-48(37)69/h12-13,21-23,25-27,30,34-35,41,45,49,52-53H,10-11,14-20,28-29,31-32H2,1-9H3,(H,63,72)/t34-,35+,45?,52?,53?. The summed E-state index contributed by atoms with van der Waals surface area (Å²) in [4.78, 5) is 44.8. The molecule has 3 fully saturated rings. The molecule has 1 saturated carbocycles. The first kappa shape index (κ1) is 50.1. The molecule has 4 aliphatic heterocycles. The lowest BCUT2D eigenvalue weighted by molar-refractivity contribution is -0.164. The fourth-order valence-corrected chi connectivity index (χ4v) is 13.4. The number of fused-ring (bicyclic) bond motifs is 2. The Morgan fingerprint density at radius 3 is 2.30 bits per heavy atom. The Labute approximate surface area is 427 Å². The van der Waals surface area contributed by atoms with Crippen molar-refractivity contribution in [2.45, 2.75) is 119 Å². The molecule has 7 heterocycles. The van der Waals surface area contributed by atoms with Gasteiger partial charge in [-0.15, -0.1) is 0 Å². The average Bonchev–Trinajstić information content (AvgIpc) is 3.98. The van der Waals surface area contributed by atoms with Crippen molar-refractivity contribution in [3.8, 4) is 22.9 Å². The van der Waals surface area contributed by atoms with Gasteiger partial charge < -0.3 is 29.7 Å². The number of aromatic nitrogens is 6. The van der Waals surface area contributed by atoms with Crippen LogP contribution >= 0.6 is 0 Å². The third kappa shape index (κ3) is 9.33. The predicted octanol–water partition coefficient (Wildman–Crippen LogP) is 8.84. The maximum absolute atomic E-state index is 14.8. The number of likely N-dealkylation sites (tertiary alicyclic amines) is 1. The topological polar surface area (TPSA) is 154 Å². The zero-order valence-electron chi connectivity index (χ0n) is 43.8. The summed E-state index contributed by atoms with van der Waals surface area (Å²) in [6, 6.07) is 11.4. The Balaban J connectivity index is 0.769. The molecule has 73 heavy (non-hydrogen) atoms. The van der Waals surface area contributed by atoms with Gasteiger partial charge in [-0.2, -0.15) is 15.5 Å². The molecule has 15 nitrogen and oxygen atoms in total. The summed E-state index contributed by atoms with van der Waals surface area (Å²) in [6.45, 7) is 22.9. The lowest BCUT2D eigenvalue weighted by Crippen LogP contribution is -2.74. The highest BCUT2D eigenvalue weighted by atomic mass is 19.3. The number of hydrogen-bond acceptors (Lipinski definition) is 11. The highest BCUT2D eigenvalue weighted by Crippen LogP contribution is 2.56. The number of amides is 2. The number of halogens is 2. The summed E-state index contributed by atoms with van der Waals surface area (Å²) in [7, 11) is 1.79. The molecule has 1 N–H and O–H groups in total. The monoisotopic (exact) mass is 997 g/mol. The maximum atomic E-state index is 14.8. The van der Waals surface area contributed by atoms with Gasteiger partial charge in [0, 0.05) is 130 Å². The Bertz CT molecular complexity index is 2900. The first-order valence-corrected chi connectivity index (χ1v) is 26.2. The second-order valence-electron chi connectivity index (χ2n) is 22.9. The van der Waals surface area contributed by atoms with Gasteiger partial charge in [0.15, 0.2) is 5.82 Å². The smallest absolute Gasteiger partial charge is 0.264 e. The lowest BCUT2D eigenvalue weighted by Gasteiger charge is -2.63. The van der Waals surface area contributed by atoms with Gasteiger partial charge in [-0.1, -0.05) is 41.5 Å². The average molecular weight is 997 g/mol. The molecule has 0 radical (unpaired) electrons. The number of piperidine rings is 2. The van der Waals surface area contributed by atoms with E-state index >= 15 is 0 Å². The highest BCUT2D eigenvalue weighted by Gasteiger charge is 2.64. The number of hydrogen-bond donors (Lipinski definition) is 1. The van der Waals surface area contributed by atoms with E-state index in [0.29, 0.717) is 77.8 Å². The zero-order valence-corrected chi connectivity index (χ0v) is 43.8. The van der Waals surface area contributed by atoms with Crippen LogP contribution in [0.1, 0.15) is 124 Å². The Hall–Kier alpha value is -6.41. The third-order valence-corrected chi connectivity index (χ3v) is 17.1. The molecule has 0 spiro atoms. The minimum absolute atomic E-state index is 0.0140. The summed E-state index contributed by atoms with van der Waals surface area (Å²) in [5.41, 5.74) is 6.34. The minimum Gasteiger partial charge on any atom is -0.489 e. The van der Waals surface area contributed by atoms with Crippen molar-refractivity contribution in [2.24, 2.45) is 35.6 Å². The summed E-state index contributed by atoms with van der Waals surface area (Å²) in [5, 5.41) is 22.3. The van der Waals surface area contributed by atoms with E-state index in [1.54, 1.807) is 55.6 Å². The SMILES string of the molecule is CC(=O)N1CCc2c(c(N3CCCc4cc(-c5cnn(C)c5)c(C(F)F)cc43)nn2C2CCN(CC3[C@H](C)CN(c4ncc(C(=O)NC5C(C)(C)C(Oc6ccc(C#N)c(C)c6)C5(C)C)cn4)C[C@@H]3C)CC2)C1. The van der Waals surface area contributed by atoms with E-state index in [1.807, 2.05) is 30.0 Å². The van der Waals surface area contributed by atoms with E-state index < -0.39 is 6.43 Å². The molecular weight excluding hydrogens is 927 g/mol. The molecule has 2 saturated heterocycles. The lowest BCUT2D eigenvalue weighted by atomic mass is 9.49. The van der Waals surface area contributed by atoms with Gasteiger partial charge in [0.2, 0.25) is 11.9 Å². The van der Waals surface area contributed by atoms with Crippen molar-refractivity contribution < 1.29 is 23.1 Å². The summed E-state index contributed by atoms with van der Waals surface area (Å²) >= 11 is 0. The van der Waals surface area contributed by atoms with E-state index in [0.717, 1.165) is 92.3 Å². The van der Waals surface area contributed by atoms with Crippen LogP contribution in [0.5, 0.6) is 5.75 Å². The van der Waals surface area contributed by atoms with Crippen molar-refractivity contribution in [3.05, 3.63) is 94.2 Å². The Morgan fingerprint density at radius 2 is 1.67 bits per heavy atom. The van der Waals surface area contributed by atoms with Crippen LogP contribution in [0.2, 0.25) is 0 Å². The number of carbonyl (C=O) groups is 2. The van der Waals surface area contributed by atoms with Gasteiger partial charge in [0.25, 0.3) is 12.3 Å². The molecule has 3 aromatic heterocycles. The number of rotatable bonds is 11. The normalized spacial score (nSPS) is 23.9. The van der Waals surface area contributed by atoms with Crippen molar-refractivity contribution in [1.29, 1.82) is 5.26 Å². The molecule has 386 valence electrons. The van der Waals surface area contributed by atoms with Crippen molar-refractivity contribution in [3.63, 3.8) is 0 Å². The highest BCUT2D eigenvalue weighted by molar-refractivity contribution is 5.94.